The number of hydrogen-bond acceptors (Lipinski definition) is 11. The van der Waals surface area contributed by atoms with E-state index >= 15 is 0 Å². The molecule has 38 heavy (non-hydrogen) atoms. The van der Waals surface area contributed by atoms with Crippen LogP contribution in [0.4, 0.5) is 0 Å². The molecule has 3 aliphatic rings. The highest BCUT2D eigenvalue weighted by Crippen LogP contribution is 2.52. The van der Waals surface area contributed by atoms with E-state index < -0.39 is 80.0 Å². The molecule has 11 nitrogen and oxygen atoms in total. The second kappa shape index (κ2) is 12.7. The van der Waals surface area contributed by atoms with Crippen molar-refractivity contribution in [2.24, 2.45) is 11.3 Å². The largest absolute Gasteiger partial charge is 0.394 e. The number of methoxy groups -OCH3 is 1. The van der Waals surface area contributed by atoms with Crippen molar-refractivity contribution in [3.05, 3.63) is 23.8 Å². The van der Waals surface area contributed by atoms with Gasteiger partial charge < -0.3 is 54.7 Å². The molecule has 2 heterocycles. The number of aliphatic hydroxyl groups excluding tert-OH is 7. The molecule has 0 amide bonds. The Bertz CT molecular complexity index is 830. The van der Waals surface area contributed by atoms with Crippen LogP contribution >= 0.6 is 0 Å². The third-order valence-electron chi connectivity index (χ3n) is 8.54. The molecule has 11 atom stereocenters. The quantitative estimate of drug-likeness (QED) is 0.180. The molecule has 0 bridgehead atoms. The van der Waals surface area contributed by atoms with Crippen LogP contribution < -0.4 is 0 Å². The van der Waals surface area contributed by atoms with E-state index in [4.69, 9.17) is 18.9 Å². The normalized spacial score (nSPS) is 42.7. The number of hydrogen-bond donors (Lipinski definition) is 7. The Labute approximate surface area is 224 Å². The van der Waals surface area contributed by atoms with E-state index in [1.165, 1.54) is 7.11 Å². The predicted molar refractivity (Wildman–Crippen MR) is 136 cm³/mol. The van der Waals surface area contributed by atoms with Crippen molar-refractivity contribution in [2.75, 3.05) is 20.3 Å². The lowest BCUT2D eigenvalue weighted by atomic mass is 9.61. The van der Waals surface area contributed by atoms with Crippen molar-refractivity contribution in [1.82, 2.24) is 0 Å². The van der Waals surface area contributed by atoms with Crippen LogP contribution in [-0.2, 0) is 18.9 Å². The van der Waals surface area contributed by atoms with Crippen LogP contribution in [0, 0.1) is 11.3 Å². The van der Waals surface area contributed by atoms with Crippen LogP contribution in [0.2, 0.25) is 0 Å². The first-order valence-corrected chi connectivity index (χ1v) is 13.3. The van der Waals surface area contributed by atoms with Gasteiger partial charge in [0.2, 0.25) is 0 Å². The van der Waals surface area contributed by atoms with E-state index in [0.717, 1.165) is 30.4 Å². The minimum absolute atomic E-state index is 0.281. The number of allylic oxidation sites excluding steroid dienone is 2. The molecule has 0 aromatic carbocycles. The van der Waals surface area contributed by atoms with Crippen molar-refractivity contribution in [1.29, 1.82) is 0 Å². The Balaban J connectivity index is 2.16. The maximum absolute atomic E-state index is 11.0. The lowest BCUT2D eigenvalue weighted by Crippen LogP contribution is -2.72. The van der Waals surface area contributed by atoms with Gasteiger partial charge in [-0.3, -0.25) is 0 Å². The smallest absolute Gasteiger partial charge is 0.187 e. The number of rotatable bonds is 10. The number of ether oxygens (including phenoxy) is 4. The molecule has 11 heteroatoms. The molecule has 2 aliphatic heterocycles. The van der Waals surface area contributed by atoms with Crippen LogP contribution in [0.25, 0.3) is 0 Å². The van der Waals surface area contributed by atoms with Crippen LogP contribution in [0.15, 0.2) is 23.8 Å². The fourth-order valence-electron chi connectivity index (χ4n) is 6.61. The van der Waals surface area contributed by atoms with E-state index in [9.17, 15) is 35.7 Å². The lowest BCUT2D eigenvalue weighted by molar-refractivity contribution is -0.386. The summed E-state index contributed by atoms with van der Waals surface area (Å²) in [7, 11) is 1.31. The fourth-order valence-corrected chi connectivity index (χ4v) is 6.61. The molecular weight excluding hydrogens is 500 g/mol. The summed E-state index contributed by atoms with van der Waals surface area (Å²) >= 11 is 0. The molecule has 1 aliphatic carbocycles. The maximum Gasteiger partial charge on any atom is 0.187 e. The van der Waals surface area contributed by atoms with E-state index in [0.29, 0.717) is 12.8 Å². The SMILES string of the molecule is C=CCCC(C1=C(C)CCCC1(C)C)[C@]1(CO)OC(O)[C@H](O)[C@@H](OC)[C@@H]1O[C@@H]1O[C@H](CO)[C@@H](O)[C@H](O)[C@H]1O. The van der Waals surface area contributed by atoms with Gasteiger partial charge in [-0.05, 0) is 44.4 Å². The van der Waals surface area contributed by atoms with Crippen LogP contribution in [-0.4, -0.2) is 117 Å². The van der Waals surface area contributed by atoms with Gasteiger partial charge in [0.1, 0.15) is 48.3 Å². The Kier molecular flexibility index (Phi) is 10.5. The zero-order valence-electron chi connectivity index (χ0n) is 22.8. The second-order valence-electron chi connectivity index (χ2n) is 11.4. The second-order valence-corrected chi connectivity index (χ2v) is 11.4. The Morgan fingerprint density at radius 1 is 1.08 bits per heavy atom. The zero-order valence-corrected chi connectivity index (χ0v) is 22.8. The Morgan fingerprint density at radius 2 is 1.76 bits per heavy atom. The summed E-state index contributed by atoms with van der Waals surface area (Å²) in [5.41, 5.74) is 0.219. The summed E-state index contributed by atoms with van der Waals surface area (Å²) in [4.78, 5) is 0. The maximum atomic E-state index is 11.0. The summed E-state index contributed by atoms with van der Waals surface area (Å²) in [6.07, 6.45) is -8.20. The minimum atomic E-state index is -1.73. The van der Waals surface area contributed by atoms with Gasteiger partial charge in [-0.15, -0.1) is 6.58 Å². The average molecular weight is 547 g/mol. The zero-order chi connectivity index (χ0) is 28.4. The van der Waals surface area contributed by atoms with Crippen LogP contribution in [0.1, 0.15) is 52.9 Å². The van der Waals surface area contributed by atoms with Crippen molar-refractivity contribution >= 4 is 0 Å². The first-order chi connectivity index (χ1) is 17.9. The van der Waals surface area contributed by atoms with Crippen molar-refractivity contribution in [2.45, 2.75) is 114 Å². The summed E-state index contributed by atoms with van der Waals surface area (Å²) in [6, 6.07) is 0. The van der Waals surface area contributed by atoms with Crippen molar-refractivity contribution < 1.29 is 54.7 Å². The van der Waals surface area contributed by atoms with Crippen LogP contribution in [0.5, 0.6) is 0 Å². The monoisotopic (exact) mass is 546 g/mol. The molecule has 0 spiro atoms. The molecule has 2 saturated heterocycles. The van der Waals surface area contributed by atoms with E-state index in [1.807, 2.05) is 6.92 Å². The van der Waals surface area contributed by atoms with Crippen molar-refractivity contribution in [3.8, 4) is 0 Å². The first kappa shape index (κ1) is 31.6. The molecule has 0 aromatic rings. The van der Waals surface area contributed by atoms with E-state index in [-0.39, 0.29) is 5.41 Å². The highest BCUT2D eigenvalue weighted by atomic mass is 16.7. The molecular formula is C27H46O11. The number of aliphatic hydroxyl groups is 7. The summed E-state index contributed by atoms with van der Waals surface area (Å²) in [5, 5.41) is 73.6. The van der Waals surface area contributed by atoms with Crippen LogP contribution in [0.3, 0.4) is 0 Å². The third-order valence-corrected chi connectivity index (χ3v) is 8.54. The molecule has 7 N–H and O–H groups in total. The Morgan fingerprint density at radius 3 is 2.32 bits per heavy atom. The standard InChI is InChI=1S/C27H46O11/c1-6-7-10-15(17-14(2)9-8-11-26(17,3)4)27(13-29)23(22(35-5)21(33)24(34)38-27)37-25-20(32)19(31)18(30)16(12-28)36-25/h6,15-16,18-25,28-34H,1,7-13H2,2-5H3/t15?,16-,18-,19+,20-,21-,22-,23+,24?,25+,27+/m1/s1. The van der Waals surface area contributed by atoms with Gasteiger partial charge in [0, 0.05) is 13.0 Å². The topological polar surface area (TPSA) is 179 Å². The third kappa shape index (κ3) is 5.75. The van der Waals surface area contributed by atoms with Gasteiger partial charge in [0.25, 0.3) is 0 Å². The highest BCUT2D eigenvalue weighted by molar-refractivity contribution is 5.30. The molecule has 2 fully saturated rings. The highest BCUT2D eigenvalue weighted by Gasteiger charge is 2.62. The van der Waals surface area contributed by atoms with Gasteiger partial charge in [0.05, 0.1) is 13.2 Å². The molecule has 3 rings (SSSR count). The minimum Gasteiger partial charge on any atom is -0.394 e. The predicted octanol–water partition coefficient (Wildman–Crippen LogP) is -0.264. The fraction of sp³-hybridized carbons (Fsp3) is 0.852. The molecule has 0 saturated carbocycles. The van der Waals surface area contributed by atoms with E-state index in [2.05, 4.69) is 20.4 Å². The molecule has 0 radical (unpaired) electrons. The molecule has 220 valence electrons. The van der Waals surface area contributed by atoms with Gasteiger partial charge in [-0.25, -0.2) is 0 Å². The van der Waals surface area contributed by atoms with Gasteiger partial charge >= 0.3 is 0 Å². The summed E-state index contributed by atoms with van der Waals surface area (Å²) in [6.45, 7) is 8.82. The Hall–Kier alpha value is -0.960. The lowest BCUT2D eigenvalue weighted by Gasteiger charge is -2.56. The summed E-state index contributed by atoms with van der Waals surface area (Å²) < 4.78 is 23.5. The van der Waals surface area contributed by atoms with Gasteiger partial charge in [-0.2, -0.15) is 0 Å². The van der Waals surface area contributed by atoms with Gasteiger partial charge in [0.15, 0.2) is 12.6 Å². The molecule has 2 unspecified atom stereocenters. The molecule has 0 aromatic heterocycles. The average Bonchev–Trinajstić information content (AvgIpc) is 2.88. The van der Waals surface area contributed by atoms with Gasteiger partial charge in [-0.1, -0.05) is 31.1 Å². The first-order valence-electron chi connectivity index (χ1n) is 13.3. The van der Waals surface area contributed by atoms with Crippen molar-refractivity contribution in [3.63, 3.8) is 0 Å². The van der Waals surface area contributed by atoms with E-state index in [1.54, 1.807) is 6.08 Å². The summed E-state index contributed by atoms with van der Waals surface area (Å²) in [5.74, 6) is -0.532.